The summed E-state index contributed by atoms with van der Waals surface area (Å²) in [5.41, 5.74) is -0.266. The van der Waals surface area contributed by atoms with E-state index in [2.05, 4.69) is 4.72 Å². The second-order valence-electron chi connectivity index (χ2n) is 4.95. The molecule has 0 aromatic heterocycles. The van der Waals surface area contributed by atoms with E-state index in [0.29, 0.717) is 5.92 Å². The number of nitrogens with one attached hydrogen (secondary N) is 1. The first kappa shape index (κ1) is 14.0. The number of rotatable bonds is 5. The van der Waals surface area contributed by atoms with E-state index in [1.165, 1.54) is 6.07 Å². The molecular formula is C13H15FN2O2S. The van der Waals surface area contributed by atoms with E-state index in [1.807, 2.05) is 6.92 Å². The number of halogens is 1. The topological polar surface area (TPSA) is 70.0 Å². The molecule has 1 atom stereocenters. The first-order chi connectivity index (χ1) is 8.92. The summed E-state index contributed by atoms with van der Waals surface area (Å²) >= 11 is 0. The van der Waals surface area contributed by atoms with Crippen LogP contribution < -0.4 is 4.72 Å². The average Bonchev–Trinajstić information content (AvgIpc) is 3.12. The van der Waals surface area contributed by atoms with Crippen molar-refractivity contribution in [3.05, 3.63) is 29.6 Å². The van der Waals surface area contributed by atoms with Crippen molar-refractivity contribution >= 4 is 10.0 Å². The SMILES string of the molecule is CC(CC1CC1)NS(=O)(=O)c1ccc(F)c(C#N)c1. The van der Waals surface area contributed by atoms with Gasteiger partial charge in [0, 0.05) is 6.04 Å². The highest BCUT2D eigenvalue weighted by molar-refractivity contribution is 7.89. The van der Waals surface area contributed by atoms with Crippen LogP contribution in [-0.2, 0) is 10.0 Å². The van der Waals surface area contributed by atoms with Gasteiger partial charge in [0.15, 0.2) is 0 Å². The molecule has 1 aliphatic carbocycles. The Morgan fingerprint density at radius 2 is 2.21 bits per heavy atom. The maximum absolute atomic E-state index is 13.2. The van der Waals surface area contributed by atoms with E-state index < -0.39 is 15.8 Å². The fourth-order valence-electron chi connectivity index (χ4n) is 1.99. The predicted molar refractivity (Wildman–Crippen MR) is 68.2 cm³/mol. The van der Waals surface area contributed by atoms with E-state index in [0.717, 1.165) is 31.4 Å². The molecule has 1 aromatic rings. The van der Waals surface area contributed by atoms with Crippen LogP contribution in [-0.4, -0.2) is 14.5 Å². The van der Waals surface area contributed by atoms with Gasteiger partial charge < -0.3 is 0 Å². The molecule has 0 amide bonds. The minimum atomic E-state index is -3.69. The summed E-state index contributed by atoms with van der Waals surface area (Å²) in [5.74, 6) is -0.104. The van der Waals surface area contributed by atoms with E-state index in [9.17, 15) is 12.8 Å². The molecule has 1 fully saturated rings. The Hall–Kier alpha value is -1.45. The van der Waals surface area contributed by atoms with Crippen molar-refractivity contribution < 1.29 is 12.8 Å². The van der Waals surface area contributed by atoms with Gasteiger partial charge in [-0.15, -0.1) is 0 Å². The molecule has 6 heteroatoms. The lowest BCUT2D eigenvalue weighted by atomic mass is 10.2. The Bertz CT molecular complexity index is 618. The molecule has 4 nitrogen and oxygen atoms in total. The molecule has 0 aliphatic heterocycles. The summed E-state index contributed by atoms with van der Waals surface area (Å²) in [6, 6.07) is 4.70. The van der Waals surface area contributed by atoms with Crippen LogP contribution in [0.5, 0.6) is 0 Å². The molecule has 0 heterocycles. The summed E-state index contributed by atoms with van der Waals surface area (Å²) < 4.78 is 39.9. The first-order valence-corrected chi connectivity index (χ1v) is 7.62. The van der Waals surface area contributed by atoms with Gasteiger partial charge in [0.25, 0.3) is 0 Å². The highest BCUT2D eigenvalue weighted by Crippen LogP contribution is 2.33. The fraction of sp³-hybridized carbons (Fsp3) is 0.462. The quantitative estimate of drug-likeness (QED) is 0.899. The van der Waals surface area contributed by atoms with Crippen LogP contribution in [0.25, 0.3) is 0 Å². The van der Waals surface area contributed by atoms with E-state index >= 15 is 0 Å². The number of nitrogens with zero attached hydrogens (tertiary/aromatic N) is 1. The van der Waals surface area contributed by atoms with E-state index in [-0.39, 0.29) is 16.5 Å². The van der Waals surface area contributed by atoms with Crippen LogP contribution in [0, 0.1) is 23.1 Å². The number of benzene rings is 1. The summed E-state index contributed by atoms with van der Waals surface area (Å²) in [5, 5.41) is 8.71. The molecule has 1 unspecified atom stereocenters. The molecule has 1 aliphatic rings. The van der Waals surface area contributed by atoms with Gasteiger partial charge in [0.1, 0.15) is 11.9 Å². The third-order valence-electron chi connectivity index (χ3n) is 3.11. The summed E-state index contributed by atoms with van der Waals surface area (Å²) in [7, 11) is -3.69. The molecule has 19 heavy (non-hydrogen) atoms. The molecular weight excluding hydrogens is 267 g/mol. The van der Waals surface area contributed by atoms with Crippen LogP contribution in [0.3, 0.4) is 0 Å². The van der Waals surface area contributed by atoms with Gasteiger partial charge in [-0.3, -0.25) is 0 Å². The molecule has 0 bridgehead atoms. The maximum atomic E-state index is 13.2. The number of nitriles is 1. The van der Waals surface area contributed by atoms with Gasteiger partial charge in [-0.2, -0.15) is 5.26 Å². The molecule has 2 rings (SSSR count). The Morgan fingerprint density at radius 3 is 2.79 bits per heavy atom. The predicted octanol–water partition coefficient (Wildman–Crippen LogP) is 2.16. The lowest BCUT2D eigenvalue weighted by molar-refractivity contribution is 0.529. The largest absolute Gasteiger partial charge is 0.240 e. The zero-order chi connectivity index (χ0) is 14.0. The van der Waals surface area contributed by atoms with E-state index in [1.54, 1.807) is 6.07 Å². The Morgan fingerprint density at radius 1 is 1.53 bits per heavy atom. The molecule has 1 N–H and O–H groups in total. The van der Waals surface area contributed by atoms with Gasteiger partial charge in [-0.1, -0.05) is 12.8 Å². The molecule has 0 spiro atoms. The normalized spacial score (nSPS) is 16.9. The highest BCUT2D eigenvalue weighted by atomic mass is 32.2. The minimum Gasteiger partial charge on any atom is -0.208 e. The van der Waals surface area contributed by atoms with Gasteiger partial charge >= 0.3 is 0 Å². The summed E-state index contributed by atoms with van der Waals surface area (Å²) in [6.45, 7) is 1.81. The molecule has 0 radical (unpaired) electrons. The lowest BCUT2D eigenvalue weighted by Crippen LogP contribution is -2.33. The lowest BCUT2D eigenvalue weighted by Gasteiger charge is -2.14. The monoisotopic (exact) mass is 282 g/mol. The number of hydrogen-bond donors (Lipinski definition) is 1. The third kappa shape index (κ3) is 3.52. The van der Waals surface area contributed by atoms with Gasteiger partial charge in [0.05, 0.1) is 10.5 Å². The van der Waals surface area contributed by atoms with Crippen LogP contribution in [0.1, 0.15) is 31.7 Å². The molecule has 1 aromatic carbocycles. The minimum absolute atomic E-state index is 0.0758. The number of sulfonamides is 1. The molecule has 1 saturated carbocycles. The van der Waals surface area contributed by atoms with Crippen molar-refractivity contribution in [2.45, 2.75) is 37.1 Å². The molecule has 102 valence electrons. The zero-order valence-electron chi connectivity index (χ0n) is 10.6. The van der Waals surface area contributed by atoms with E-state index in [4.69, 9.17) is 5.26 Å². The summed E-state index contributed by atoms with van der Waals surface area (Å²) in [4.78, 5) is -0.0758. The van der Waals surface area contributed by atoms with Gasteiger partial charge in [-0.05, 0) is 37.5 Å². The van der Waals surface area contributed by atoms with Crippen molar-refractivity contribution in [1.29, 1.82) is 5.26 Å². The maximum Gasteiger partial charge on any atom is 0.240 e. The van der Waals surface area contributed by atoms with Crippen molar-refractivity contribution in [3.8, 4) is 6.07 Å². The fourth-order valence-corrected chi connectivity index (χ4v) is 3.27. The van der Waals surface area contributed by atoms with Crippen molar-refractivity contribution in [3.63, 3.8) is 0 Å². The van der Waals surface area contributed by atoms with Gasteiger partial charge in [-0.25, -0.2) is 17.5 Å². The summed E-state index contributed by atoms with van der Waals surface area (Å²) in [6.07, 6.45) is 3.12. The van der Waals surface area contributed by atoms with Crippen LogP contribution in [0.2, 0.25) is 0 Å². The Balaban J connectivity index is 2.16. The third-order valence-corrected chi connectivity index (χ3v) is 4.70. The van der Waals surface area contributed by atoms with Crippen molar-refractivity contribution in [1.82, 2.24) is 4.72 Å². The Labute approximate surface area is 112 Å². The second kappa shape index (κ2) is 5.27. The Kier molecular flexibility index (Phi) is 3.88. The van der Waals surface area contributed by atoms with Gasteiger partial charge in [0.2, 0.25) is 10.0 Å². The second-order valence-corrected chi connectivity index (χ2v) is 6.67. The standard InChI is InChI=1S/C13H15FN2O2S/c1-9(6-10-2-3-10)16-19(17,18)12-4-5-13(14)11(7-12)8-15/h4-5,7,9-10,16H,2-3,6H2,1H3. The average molecular weight is 282 g/mol. The number of hydrogen-bond acceptors (Lipinski definition) is 3. The van der Waals surface area contributed by atoms with Crippen LogP contribution >= 0.6 is 0 Å². The van der Waals surface area contributed by atoms with Crippen molar-refractivity contribution in [2.75, 3.05) is 0 Å². The smallest absolute Gasteiger partial charge is 0.208 e. The zero-order valence-corrected chi connectivity index (χ0v) is 11.4. The van der Waals surface area contributed by atoms with Crippen molar-refractivity contribution in [2.24, 2.45) is 5.92 Å². The first-order valence-electron chi connectivity index (χ1n) is 6.14. The van der Waals surface area contributed by atoms with Crippen LogP contribution in [0.15, 0.2) is 23.1 Å². The molecule has 0 saturated heterocycles. The van der Waals surface area contributed by atoms with Crippen LogP contribution in [0.4, 0.5) is 4.39 Å². The highest BCUT2D eigenvalue weighted by Gasteiger charge is 2.26.